The maximum absolute atomic E-state index is 11.3. The fourth-order valence-electron chi connectivity index (χ4n) is 1.32. The first kappa shape index (κ1) is 17.0. The quantitative estimate of drug-likeness (QED) is 0.742. The largest absolute Gasteiger partial charge is 0.475 e. The zero-order valence-electron chi connectivity index (χ0n) is 12.7. The first-order chi connectivity index (χ1) is 9.87. The molecule has 0 radical (unpaired) electrons. The van der Waals surface area contributed by atoms with E-state index in [9.17, 15) is 4.79 Å². The Morgan fingerprint density at radius 2 is 2.05 bits per heavy atom. The Morgan fingerprint density at radius 1 is 1.29 bits per heavy atom. The van der Waals surface area contributed by atoms with E-state index >= 15 is 0 Å². The van der Waals surface area contributed by atoms with Gasteiger partial charge in [-0.3, -0.25) is 0 Å². The minimum absolute atomic E-state index is 0.378. The van der Waals surface area contributed by atoms with Crippen LogP contribution in [0.3, 0.4) is 0 Å². The molecule has 0 saturated heterocycles. The van der Waals surface area contributed by atoms with Gasteiger partial charge in [0.05, 0.1) is 25.1 Å². The lowest BCUT2D eigenvalue weighted by atomic mass is 10.2. The van der Waals surface area contributed by atoms with Gasteiger partial charge in [0.15, 0.2) is 0 Å². The van der Waals surface area contributed by atoms with Gasteiger partial charge in [0.2, 0.25) is 5.88 Å². The average Bonchev–Trinajstić information content (AvgIpc) is 2.37. The van der Waals surface area contributed by atoms with Crippen LogP contribution in [0.1, 0.15) is 20.8 Å². The smallest absolute Gasteiger partial charge is 0.407 e. The van der Waals surface area contributed by atoms with Gasteiger partial charge in [0, 0.05) is 12.6 Å². The first-order valence-electron chi connectivity index (χ1n) is 6.76. The molecule has 7 heteroatoms. The number of amides is 1. The van der Waals surface area contributed by atoms with Crippen LogP contribution in [0.15, 0.2) is 18.3 Å². The fourth-order valence-corrected chi connectivity index (χ4v) is 1.32. The van der Waals surface area contributed by atoms with Gasteiger partial charge in [-0.1, -0.05) is 0 Å². The van der Waals surface area contributed by atoms with Crippen LogP contribution >= 0.6 is 0 Å². The van der Waals surface area contributed by atoms with Gasteiger partial charge in [0.25, 0.3) is 0 Å². The van der Waals surface area contributed by atoms with Crippen molar-refractivity contribution in [1.82, 2.24) is 10.3 Å². The Balaban J connectivity index is 2.00. The summed E-state index contributed by atoms with van der Waals surface area (Å²) in [6.45, 7) is 6.99. The normalized spacial score (nSPS) is 11.0. The lowest BCUT2D eigenvalue weighted by Gasteiger charge is -2.19. The molecule has 0 bridgehead atoms. The zero-order valence-corrected chi connectivity index (χ0v) is 12.7. The Kier molecular flexibility index (Phi) is 6.74. The molecule has 0 saturated carbocycles. The maximum Gasteiger partial charge on any atom is 0.407 e. The van der Waals surface area contributed by atoms with Gasteiger partial charge in [-0.05, 0) is 26.8 Å². The summed E-state index contributed by atoms with van der Waals surface area (Å²) in [6, 6.07) is 3.41. The number of hydrogen-bond acceptors (Lipinski definition) is 6. The molecule has 1 amide bonds. The number of carbonyl (C=O) groups excluding carboxylic acids is 1. The van der Waals surface area contributed by atoms with E-state index < -0.39 is 11.7 Å². The van der Waals surface area contributed by atoms with Gasteiger partial charge in [-0.15, -0.1) is 0 Å². The summed E-state index contributed by atoms with van der Waals surface area (Å²) in [7, 11) is 0. The van der Waals surface area contributed by atoms with E-state index in [1.807, 2.05) is 20.8 Å². The van der Waals surface area contributed by atoms with E-state index in [-0.39, 0.29) is 0 Å². The highest BCUT2D eigenvalue weighted by Crippen LogP contribution is 2.08. The van der Waals surface area contributed by atoms with E-state index in [0.717, 1.165) is 0 Å². The van der Waals surface area contributed by atoms with Crippen molar-refractivity contribution in [3.63, 3.8) is 0 Å². The van der Waals surface area contributed by atoms with Crippen LogP contribution in [-0.4, -0.2) is 43.0 Å². The summed E-state index contributed by atoms with van der Waals surface area (Å²) in [4.78, 5) is 15.3. The van der Waals surface area contributed by atoms with E-state index in [2.05, 4.69) is 10.3 Å². The summed E-state index contributed by atoms with van der Waals surface area (Å²) < 4.78 is 15.7. The highest BCUT2D eigenvalue weighted by molar-refractivity contribution is 5.67. The number of ether oxygens (including phenoxy) is 3. The summed E-state index contributed by atoms with van der Waals surface area (Å²) in [5, 5.41) is 2.60. The number of carbonyl (C=O) groups is 1. The molecular weight excluding hydrogens is 274 g/mol. The van der Waals surface area contributed by atoms with E-state index in [1.165, 1.54) is 6.20 Å². The monoisotopic (exact) mass is 297 g/mol. The maximum atomic E-state index is 11.3. The van der Waals surface area contributed by atoms with Crippen LogP contribution in [0, 0.1) is 0 Å². The number of nitrogen functional groups attached to an aromatic ring is 1. The summed E-state index contributed by atoms with van der Waals surface area (Å²) in [5.41, 5.74) is 5.61. The van der Waals surface area contributed by atoms with Crippen LogP contribution in [0.5, 0.6) is 5.88 Å². The van der Waals surface area contributed by atoms with Crippen molar-refractivity contribution in [3.05, 3.63) is 18.3 Å². The highest BCUT2D eigenvalue weighted by Gasteiger charge is 2.15. The van der Waals surface area contributed by atoms with Crippen molar-refractivity contribution in [3.8, 4) is 5.88 Å². The van der Waals surface area contributed by atoms with Gasteiger partial charge in [-0.2, -0.15) is 0 Å². The van der Waals surface area contributed by atoms with Crippen molar-refractivity contribution < 1.29 is 19.0 Å². The number of nitrogens with two attached hydrogens (primary N) is 1. The molecule has 1 aromatic heterocycles. The molecule has 1 aromatic rings. The standard InChI is InChI=1S/C14H23N3O4/c1-14(2,3)21-13(18)16-6-7-19-8-9-20-12-5-4-11(15)10-17-12/h4-5,10H,6-9,15H2,1-3H3,(H,16,18). The van der Waals surface area contributed by atoms with Crippen molar-refractivity contribution >= 4 is 11.8 Å². The number of aromatic nitrogens is 1. The molecule has 1 rings (SSSR count). The molecule has 3 N–H and O–H groups in total. The molecule has 0 unspecified atom stereocenters. The minimum atomic E-state index is -0.495. The lowest BCUT2D eigenvalue weighted by Crippen LogP contribution is -2.34. The Hall–Kier alpha value is -2.02. The van der Waals surface area contributed by atoms with Crippen molar-refractivity contribution in [2.75, 3.05) is 32.1 Å². The van der Waals surface area contributed by atoms with E-state index in [4.69, 9.17) is 19.9 Å². The second-order valence-corrected chi connectivity index (χ2v) is 5.32. The second-order valence-electron chi connectivity index (χ2n) is 5.32. The molecular formula is C14H23N3O4. The van der Waals surface area contributed by atoms with Gasteiger partial charge >= 0.3 is 6.09 Å². The number of anilines is 1. The van der Waals surface area contributed by atoms with Crippen LogP contribution in [-0.2, 0) is 9.47 Å². The summed E-state index contributed by atoms with van der Waals surface area (Å²) in [6.07, 6.45) is 1.08. The van der Waals surface area contributed by atoms with Crippen LogP contribution in [0.25, 0.3) is 0 Å². The molecule has 0 aliphatic carbocycles. The number of hydrogen-bond donors (Lipinski definition) is 2. The molecule has 0 aromatic carbocycles. The van der Waals surface area contributed by atoms with Crippen LogP contribution < -0.4 is 15.8 Å². The topological polar surface area (TPSA) is 95.7 Å². The fraction of sp³-hybridized carbons (Fsp3) is 0.571. The van der Waals surface area contributed by atoms with E-state index in [1.54, 1.807) is 12.1 Å². The van der Waals surface area contributed by atoms with Crippen LogP contribution in [0.2, 0.25) is 0 Å². The molecule has 118 valence electrons. The molecule has 0 fully saturated rings. The summed E-state index contributed by atoms with van der Waals surface area (Å²) in [5.74, 6) is 0.500. The van der Waals surface area contributed by atoms with Gasteiger partial charge < -0.3 is 25.3 Å². The SMILES string of the molecule is CC(C)(C)OC(=O)NCCOCCOc1ccc(N)cn1. The third-order valence-corrected chi connectivity index (χ3v) is 2.15. The zero-order chi connectivity index (χ0) is 15.7. The molecule has 0 aliphatic rings. The number of rotatable bonds is 7. The predicted octanol–water partition coefficient (Wildman–Crippen LogP) is 1.58. The second kappa shape index (κ2) is 8.31. The van der Waals surface area contributed by atoms with Crippen molar-refractivity contribution in [2.45, 2.75) is 26.4 Å². The van der Waals surface area contributed by atoms with E-state index in [0.29, 0.717) is 37.9 Å². The first-order valence-corrected chi connectivity index (χ1v) is 6.76. The molecule has 7 nitrogen and oxygen atoms in total. The van der Waals surface area contributed by atoms with Crippen LogP contribution in [0.4, 0.5) is 10.5 Å². The average molecular weight is 297 g/mol. The molecule has 0 aliphatic heterocycles. The molecule has 21 heavy (non-hydrogen) atoms. The number of pyridine rings is 1. The molecule has 0 spiro atoms. The third kappa shape index (κ3) is 8.69. The lowest BCUT2D eigenvalue weighted by molar-refractivity contribution is 0.0488. The molecule has 0 atom stereocenters. The Labute approximate surface area is 124 Å². The number of nitrogens with one attached hydrogen (secondary N) is 1. The van der Waals surface area contributed by atoms with Gasteiger partial charge in [-0.25, -0.2) is 9.78 Å². The summed E-state index contributed by atoms with van der Waals surface area (Å²) >= 11 is 0. The minimum Gasteiger partial charge on any atom is -0.475 e. The third-order valence-electron chi connectivity index (χ3n) is 2.15. The highest BCUT2D eigenvalue weighted by atomic mass is 16.6. The molecule has 1 heterocycles. The Morgan fingerprint density at radius 3 is 2.67 bits per heavy atom. The predicted molar refractivity (Wildman–Crippen MR) is 79.2 cm³/mol. The van der Waals surface area contributed by atoms with Crippen molar-refractivity contribution in [2.24, 2.45) is 0 Å². The Bertz CT molecular complexity index is 429. The number of alkyl carbamates (subject to hydrolysis) is 1. The number of nitrogens with zero attached hydrogens (tertiary/aromatic N) is 1. The van der Waals surface area contributed by atoms with Gasteiger partial charge in [0.1, 0.15) is 12.2 Å². The van der Waals surface area contributed by atoms with Crippen molar-refractivity contribution in [1.29, 1.82) is 0 Å².